The Morgan fingerprint density at radius 2 is 1.68 bits per heavy atom. The fraction of sp³-hybridized carbons (Fsp3) is 0.385. The van der Waals surface area contributed by atoms with E-state index in [9.17, 15) is 19.7 Å². The predicted molar refractivity (Wildman–Crippen MR) is 83.5 cm³/mol. The van der Waals surface area contributed by atoms with Crippen molar-refractivity contribution in [1.82, 2.24) is 15.2 Å². The Morgan fingerprint density at radius 3 is 2.24 bits per heavy atom. The number of aliphatic hydroxyl groups excluding tert-OH is 2. The highest BCUT2D eigenvalue weighted by molar-refractivity contribution is 5.80. The molecule has 0 fully saturated rings. The molecule has 0 bridgehead atoms. The fourth-order valence-corrected chi connectivity index (χ4v) is 2.06. The number of nitro benzene ring substituents is 1. The molecule has 136 valence electrons. The molecule has 0 spiro atoms. The first kappa shape index (κ1) is 18.7. The zero-order valence-electron chi connectivity index (χ0n) is 12.9. The van der Waals surface area contributed by atoms with Gasteiger partial charge in [-0.25, -0.2) is 0 Å². The number of hydroxylamine groups is 2. The molecular formula is C13H16N4O8. The summed E-state index contributed by atoms with van der Waals surface area (Å²) in [7, 11) is 0. The van der Waals surface area contributed by atoms with E-state index in [2.05, 4.69) is 9.97 Å². The van der Waals surface area contributed by atoms with Crippen LogP contribution in [0.4, 0.5) is 5.69 Å². The number of nitrogens with zero attached hydrogens (tertiary/aromatic N) is 2. The Labute approximate surface area is 139 Å². The summed E-state index contributed by atoms with van der Waals surface area (Å²) in [6, 6.07) is 2.30. The number of nitro groups is 1. The smallest absolute Gasteiger partial charge is 0.314 e. The minimum Gasteiger partial charge on any atom is -0.394 e. The van der Waals surface area contributed by atoms with Crippen molar-refractivity contribution in [3.8, 4) is 0 Å². The van der Waals surface area contributed by atoms with Crippen LogP contribution < -0.4 is 11.1 Å². The molecule has 0 aliphatic carbocycles. The molecule has 1 aromatic carbocycles. The summed E-state index contributed by atoms with van der Waals surface area (Å²) in [6.07, 6.45) is 0. The Morgan fingerprint density at radius 1 is 1.08 bits per heavy atom. The van der Waals surface area contributed by atoms with E-state index in [1.807, 2.05) is 0 Å². The van der Waals surface area contributed by atoms with Crippen LogP contribution in [0, 0.1) is 10.1 Å². The van der Waals surface area contributed by atoms with E-state index in [1.54, 1.807) is 0 Å². The highest BCUT2D eigenvalue weighted by Gasteiger charge is 2.17. The number of aromatic amines is 2. The molecule has 0 aliphatic rings. The number of hydrogen-bond donors (Lipinski definition) is 4. The average Bonchev–Trinajstić information content (AvgIpc) is 2.58. The van der Waals surface area contributed by atoms with Crippen LogP contribution in [0.25, 0.3) is 11.0 Å². The zero-order chi connectivity index (χ0) is 18.4. The standard InChI is InChI=1S/C13H16N4O8/c18-1-3-24-16(25-4-2-19)7-8-5-9(17(22)23)6-10-11(8)15-13(21)12(20)14-10/h5-6,18-19H,1-4,7H2,(H,14,20)(H,15,21). The van der Waals surface area contributed by atoms with Crippen molar-refractivity contribution < 1.29 is 24.8 Å². The molecular weight excluding hydrogens is 340 g/mol. The first-order valence-corrected chi connectivity index (χ1v) is 7.15. The van der Waals surface area contributed by atoms with Crippen molar-refractivity contribution in [2.75, 3.05) is 26.4 Å². The molecule has 2 rings (SSSR count). The van der Waals surface area contributed by atoms with Crippen molar-refractivity contribution in [2.45, 2.75) is 6.54 Å². The van der Waals surface area contributed by atoms with Gasteiger partial charge in [-0.15, -0.1) is 0 Å². The SMILES string of the molecule is O=c1[nH]c2cc([N+](=O)[O-])cc(CN(OCCO)OCCO)c2[nH]c1=O. The second-order valence-corrected chi connectivity index (χ2v) is 4.80. The van der Waals surface area contributed by atoms with Gasteiger partial charge in [0.15, 0.2) is 0 Å². The summed E-state index contributed by atoms with van der Waals surface area (Å²) in [4.78, 5) is 48.3. The molecule has 12 nitrogen and oxygen atoms in total. The third-order valence-electron chi connectivity index (χ3n) is 3.06. The number of H-pyrrole nitrogens is 2. The highest BCUT2D eigenvalue weighted by Crippen LogP contribution is 2.23. The van der Waals surface area contributed by atoms with Crippen LogP contribution in [0.3, 0.4) is 0 Å². The normalized spacial score (nSPS) is 11.3. The van der Waals surface area contributed by atoms with Crippen molar-refractivity contribution in [3.05, 3.63) is 48.5 Å². The van der Waals surface area contributed by atoms with Gasteiger partial charge in [0.05, 0.1) is 48.9 Å². The molecule has 25 heavy (non-hydrogen) atoms. The monoisotopic (exact) mass is 356 g/mol. The number of hydrogen-bond acceptors (Lipinski definition) is 9. The molecule has 2 aromatic rings. The zero-order valence-corrected chi connectivity index (χ0v) is 12.9. The molecule has 0 saturated heterocycles. The van der Waals surface area contributed by atoms with Crippen LogP contribution in [-0.4, -0.2) is 56.8 Å². The van der Waals surface area contributed by atoms with E-state index in [-0.39, 0.29) is 55.3 Å². The molecule has 0 atom stereocenters. The van der Waals surface area contributed by atoms with Crippen LogP contribution in [0.1, 0.15) is 5.56 Å². The summed E-state index contributed by atoms with van der Waals surface area (Å²) in [5.74, 6) is 0. The molecule has 12 heteroatoms. The number of rotatable bonds is 9. The lowest BCUT2D eigenvalue weighted by Crippen LogP contribution is -2.30. The molecule has 0 unspecified atom stereocenters. The van der Waals surface area contributed by atoms with E-state index in [1.165, 1.54) is 6.07 Å². The van der Waals surface area contributed by atoms with Crippen molar-refractivity contribution in [2.24, 2.45) is 0 Å². The Balaban J connectivity index is 2.48. The number of non-ortho nitro benzene ring substituents is 1. The van der Waals surface area contributed by atoms with E-state index >= 15 is 0 Å². The molecule has 0 aliphatic heterocycles. The number of aliphatic hydroxyl groups is 2. The van der Waals surface area contributed by atoms with E-state index in [4.69, 9.17) is 19.9 Å². The maximum Gasteiger partial charge on any atom is 0.314 e. The maximum atomic E-state index is 11.6. The minimum absolute atomic E-state index is 0.0677. The molecule has 0 radical (unpaired) electrons. The summed E-state index contributed by atoms with van der Waals surface area (Å²) >= 11 is 0. The molecule has 0 amide bonds. The minimum atomic E-state index is -0.941. The highest BCUT2D eigenvalue weighted by atomic mass is 16.9. The van der Waals surface area contributed by atoms with Gasteiger partial charge in [-0.05, 0) is 0 Å². The quantitative estimate of drug-likeness (QED) is 0.244. The van der Waals surface area contributed by atoms with Crippen LogP contribution in [0.5, 0.6) is 0 Å². The van der Waals surface area contributed by atoms with E-state index < -0.39 is 16.0 Å². The van der Waals surface area contributed by atoms with Crippen molar-refractivity contribution in [3.63, 3.8) is 0 Å². The summed E-state index contributed by atoms with van der Waals surface area (Å²) in [5, 5.41) is 29.6. The second-order valence-electron chi connectivity index (χ2n) is 4.80. The molecule has 0 saturated carbocycles. The van der Waals surface area contributed by atoms with Gasteiger partial charge in [0.1, 0.15) is 0 Å². The Hall–Kier alpha value is -2.64. The maximum absolute atomic E-state index is 11.6. The number of fused-ring (bicyclic) bond motifs is 1. The first-order valence-electron chi connectivity index (χ1n) is 7.15. The number of benzene rings is 1. The van der Waals surface area contributed by atoms with Gasteiger partial charge >= 0.3 is 11.1 Å². The predicted octanol–water partition coefficient (Wildman–Crippen LogP) is -1.23. The summed E-state index contributed by atoms with van der Waals surface area (Å²) < 4.78 is 0. The molecule has 4 N–H and O–H groups in total. The first-order chi connectivity index (χ1) is 12.0. The fourth-order valence-electron chi connectivity index (χ4n) is 2.06. The lowest BCUT2D eigenvalue weighted by molar-refractivity contribution is -0.385. The van der Waals surface area contributed by atoms with Crippen molar-refractivity contribution >= 4 is 16.7 Å². The van der Waals surface area contributed by atoms with Gasteiger partial charge in [0.2, 0.25) is 0 Å². The van der Waals surface area contributed by atoms with Crippen LogP contribution in [0.2, 0.25) is 0 Å². The van der Waals surface area contributed by atoms with Gasteiger partial charge in [-0.3, -0.25) is 29.4 Å². The van der Waals surface area contributed by atoms with Gasteiger partial charge < -0.3 is 20.2 Å². The van der Waals surface area contributed by atoms with Crippen LogP contribution >= 0.6 is 0 Å². The third-order valence-corrected chi connectivity index (χ3v) is 3.06. The average molecular weight is 356 g/mol. The van der Waals surface area contributed by atoms with Gasteiger partial charge in [0, 0.05) is 17.7 Å². The van der Waals surface area contributed by atoms with E-state index in [0.717, 1.165) is 11.3 Å². The molecule has 1 heterocycles. The van der Waals surface area contributed by atoms with Crippen LogP contribution in [-0.2, 0) is 16.2 Å². The largest absolute Gasteiger partial charge is 0.394 e. The van der Waals surface area contributed by atoms with Gasteiger partial charge in [0.25, 0.3) is 5.69 Å². The van der Waals surface area contributed by atoms with E-state index in [0.29, 0.717) is 0 Å². The summed E-state index contributed by atoms with van der Waals surface area (Å²) in [6.45, 7) is -1.03. The summed E-state index contributed by atoms with van der Waals surface area (Å²) in [5.41, 5.74) is -1.70. The Bertz CT molecular complexity index is 853. The lowest BCUT2D eigenvalue weighted by atomic mass is 10.1. The molecule has 1 aromatic heterocycles. The van der Waals surface area contributed by atoms with Gasteiger partial charge in [-0.2, -0.15) is 0 Å². The number of nitrogens with one attached hydrogen (secondary N) is 2. The van der Waals surface area contributed by atoms with Crippen LogP contribution in [0.15, 0.2) is 21.7 Å². The lowest BCUT2D eigenvalue weighted by Gasteiger charge is -2.20. The number of aromatic nitrogens is 2. The second kappa shape index (κ2) is 8.46. The topological polar surface area (TPSA) is 171 Å². The Kier molecular flexibility index (Phi) is 6.32. The van der Waals surface area contributed by atoms with Gasteiger partial charge in [-0.1, -0.05) is 5.23 Å². The van der Waals surface area contributed by atoms with Crippen molar-refractivity contribution in [1.29, 1.82) is 0 Å². The third kappa shape index (κ3) is 4.68.